The van der Waals surface area contributed by atoms with E-state index < -0.39 is 0 Å². The summed E-state index contributed by atoms with van der Waals surface area (Å²) in [7, 11) is 0. The zero-order valence-electron chi connectivity index (χ0n) is 17.9. The molecule has 1 aliphatic rings. The van der Waals surface area contributed by atoms with Gasteiger partial charge in [-0.1, -0.05) is 26.0 Å². The molecule has 31 heavy (non-hydrogen) atoms. The molecule has 3 aromatic rings. The molecule has 1 N–H and O–H groups in total. The largest absolute Gasteiger partial charge is 0.459 e. The third kappa shape index (κ3) is 5.19. The number of rotatable bonds is 7. The van der Waals surface area contributed by atoms with Crippen LogP contribution in [0.15, 0.2) is 47.1 Å². The molecule has 1 aromatic carbocycles. The van der Waals surface area contributed by atoms with E-state index in [9.17, 15) is 9.18 Å². The molecule has 1 unspecified atom stereocenters. The Kier molecular flexibility index (Phi) is 6.46. The van der Waals surface area contributed by atoms with E-state index in [1.807, 2.05) is 6.07 Å². The molecule has 7 nitrogen and oxygen atoms in total. The van der Waals surface area contributed by atoms with Crippen LogP contribution >= 0.6 is 0 Å². The normalized spacial score (nSPS) is 15.5. The molecule has 0 radical (unpaired) electrons. The number of aromatic nitrogens is 3. The highest BCUT2D eigenvalue weighted by atomic mass is 19.1. The third-order valence-electron chi connectivity index (χ3n) is 5.51. The fourth-order valence-electron chi connectivity index (χ4n) is 4.04. The van der Waals surface area contributed by atoms with Gasteiger partial charge in [-0.2, -0.15) is 0 Å². The number of benzene rings is 1. The summed E-state index contributed by atoms with van der Waals surface area (Å²) >= 11 is 0. The summed E-state index contributed by atoms with van der Waals surface area (Å²) in [6.45, 7) is 7.27. The van der Waals surface area contributed by atoms with Crippen molar-refractivity contribution in [2.24, 2.45) is 5.92 Å². The summed E-state index contributed by atoms with van der Waals surface area (Å²) in [4.78, 5) is 14.9. The Hall–Kier alpha value is -3.00. The molecule has 1 aliphatic heterocycles. The van der Waals surface area contributed by atoms with Crippen molar-refractivity contribution in [1.29, 1.82) is 0 Å². The van der Waals surface area contributed by atoms with E-state index >= 15 is 0 Å². The first kappa shape index (κ1) is 21.2. The van der Waals surface area contributed by atoms with Crippen molar-refractivity contribution in [3.05, 3.63) is 71.5 Å². The fraction of sp³-hybridized carbons (Fsp3) is 0.435. The van der Waals surface area contributed by atoms with Crippen molar-refractivity contribution >= 4 is 5.91 Å². The van der Waals surface area contributed by atoms with Crippen LogP contribution in [0.3, 0.4) is 0 Å². The fourth-order valence-corrected chi connectivity index (χ4v) is 4.04. The van der Waals surface area contributed by atoms with Gasteiger partial charge in [-0.25, -0.2) is 4.39 Å². The summed E-state index contributed by atoms with van der Waals surface area (Å²) in [5, 5.41) is 11.9. The Balaban J connectivity index is 1.49. The van der Waals surface area contributed by atoms with E-state index in [0.717, 1.165) is 49.7 Å². The predicted molar refractivity (Wildman–Crippen MR) is 114 cm³/mol. The van der Waals surface area contributed by atoms with Crippen LogP contribution in [0.25, 0.3) is 0 Å². The van der Waals surface area contributed by atoms with Crippen LogP contribution in [0.1, 0.15) is 54.1 Å². The molecule has 1 amide bonds. The van der Waals surface area contributed by atoms with Crippen molar-refractivity contribution in [3.8, 4) is 0 Å². The van der Waals surface area contributed by atoms with Gasteiger partial charge in [-0.05, 0) is 42.2 Å². The smallest absolute Gasteiger partial charge is 0.287 e. The Labute approximate surface area is 181 Å². The van der Waals surface area contributed by atoms with Crippen LogP contribution in [0.5, 0.6) is 0 Å². The number of fused-ring (bicyclic) bond motifs is 1. The molecule has 4 rings (SSSR count). The molecular formula is C23H28FN5O2. The lowest BCUT2D eigenvalue weighted by Gasteiger charge is -2.22. The number of carbonyl (C=O) groups is 1. The van der Waals surface area contributed by atoms with E-state index in [1.54, 1.807) is 24.3 Å². The van der Waals surface area contributed by atoms with Gasteiger partial charge in [0.2, 0.25) is 0 Å². The second kappa shape index (κ2) is 9.43. The van der Waals surface area contributed by atoms with Crippen LogP contribution in [0, 0.1) is 11.7 Å². The highest BCUT2D eigenvalue weighted by Crippen LogP contribution is 2.23. The summed E-state index contributed by atoms with van der Waals surface area (Å²) in [6.07, 6.45) is 2.99. The molecule has 0 saturated carbocycles. The van der Waals surface area contributed by atoms with E-state index in [1.165, 1.54) is 12.3 Å². The van der Waals surface area contributed by atoms with Gasteiger partial charge in [0.1, 0.15) is 11.6 Å². The van der Waals surface area contributed by atoms with Crippen molar-refractivity contribution < 1.29 is 13.6 Å². The van der Waals surface area contributed by atoms with Crippen LogP contribution in [-0.2, 0) is 19.5 Å². The minimum atomic E-state index is -0.256. The second-order valence-corrected chi connectivity index (χ2v) is 8.42. The zero-order chi connectivity index (χ0) is 21.8. The molecule has 0 aliphatic carbocycles. The van der Waals surface area contributed by atoms with Crippen LogP contribution in [-0.4, -0.2) is 38.7 Å². The predicted octanol–water partition coefficient (Wildman–Crippen LogP) is 3.59. The lowest BCUT2D eigenvalue weighted by Crippen LogP contribution is -2.32. The minimum absolute atomic E-state index is 0.212. The van der Waals surface area contributed by atoms with Crippen LogP contribution in [0.2, 0.25) is 0 Å². The van der Waals surface area contributed by atoms with Gasteiger partial charge in [-0.3, -0.25) is 9.69 Å². The Morgan fingerprint density at radius 2 is 2.06 bits per heavy atom. The SMILES string of the molecule is CC(C)CC(NC(=O)c1ccco1)c1nnc2n1CCN(Cc1cccc(F)c1)CC2. The van der Waals surface area contributed by atoms with Gasteiger partial charge >= 0.3 is 0 Å². The average Bonchev–Trinajstić information content (AvgIpc) is 3.36. The summed E-state index contributed by atoms with van der Waals surface area (Å²) < 4.78 is 20.9. The molecule has 0 bridgehead atoms. The highest BCUT2D eigenvalue weighted by molar-refractivity contribution is 5.91. The number of halogens is 1. The van der Waals surface area contributed by atoms with Gasteiger partial charge in [0.15, 0.2) is 11.6 Å². The lowest BCUT2D eigenvalue weighted by atomic mass is 10.0. The molecule has 2 aromatic heterocycles. The van der Waals surface area contributed by atoms with Crippen LogP contribution in [0.4, 0.5) is 4.39 Å². The van der Waals surface area contributed by atoms with Gasteiger partial charge < -0.3 is 14.3 Å². The number of hydrogen-bond acceptors (Lipinski definition) is 5. The van der Waals surface area contributed by atoms with Gasteiger partial charge in [0.05, 0.1) is 12.3 Å². The second-order valence-electron chi connectivity index (χ2n) is 8.42. The molecule has 3 heterocycles. The van der Waals surface area contributed by atoms with E-state index in [4.69, 9.17) is 4.42 Å². The van der Waals surface area contributed by atoms with Crippen molar-refractivity contribution in [2.75, 3.05) is 13.1 Å². The number of nitrogens with one attached hydrogen (secondary N) is 1. The minimum Gasteiger partial charge on any atom is -0.459 e. The standard InChI is InChI=1S/C23H28FN5O2/c1-16(2)13-19(25-23(30)20-7-4-12-31-20)22-27-26-21-8-9-28(10-11-29(21)22)15-17-5-3-6-18(24)14-17/h3-7,12,14,16,19H,8-11,13,15H2,1-2H3,(H,25,30). The number of amides is 1. The summed E-state index contributed by atoms with van der Waals surface area (Å²) in [5.41, 5.74) is 0.960. The first-order valence-electron chi connectivity index (χ1n) is 10.7. The molecule has 0 fully saturated rings. The van der Waals surface area contributed by atoms with Gasteiger partial charge in [-0.15, -0.1) is 10.2 Å². The molecule has 164 valence electrons. The maximum absolute atomic E-state index is 13.5. The maximum Gasteiger partial charge on any atom is 0.287 e. The molecule has 8 heteroatoms. The Bertz CT molecular complexity index is 1010. The molecule has 0 spiro atoms. The average molecular weight is 426 g/mol. The third-order valence-corrected chi connectivity index (χ3v) is 5.51. The van der Waals surface area contributed by atoms with E-state index in [0.29, 0.717) is 12.5 Å². The maximum atomic E-state index is 13.5. The lowest BCUT2D eigenvalue weighted by molar-refractivity contribution is 0.0900. The summed E-state index contributed by atoms with van der Waals surface area (Å²) in [6, 6.07) is 9.83. The Morgan fingerprint density at radius 3 is 2.81 bits per heavy atom. The van der Waals surface area contributed by atoms with Crippen molar-refractivity contribution in [1.82, 2.24) is 25.0 Å². The van der Waals surface area contributed by atoms with Crippen molar-refractivity contribution in [3.63, 3.8) is 0 Å². The summed E-state index contributed by atoms with van der Waals surface area (Å²) in [5.74, 6) is 1.87. The molecule has 0 saturated heterocycles. The first-order chi connectivity index (χ1) is 15.0. The van der Waals surface area contributed by atoms with Gasteiger partial charge in [0.25, 0.3) is 5.91 Å². The molecular weight excluding hydrogens is 397 g/mol. The van der Waals surface area contributed by atoms with Gasteiger partial charge in [0, 0.05) is 32.6 Å². The number of furan rings is 1. The topological polar surface area (TPSA) is 76.2 Å². The number of carbonyl (C=O) groups excluding carboxylic acids is 1. The highest BCUT2D eigenvalue weighted by Gasteiger charge is 2.27. The van der Waals surface area contributed by atoms with E-state index in [-0.39, 0.29) is 23.5 Å². The monoisotopic (exact) mass is 425 g/mol. The quantitative estimate of drug-likeness (QED) is 0.626. The zero-order valence-corrected chi connectivity index (χ0v) is 17.9. The van der Waals surface area contributed by atoms with Crippen LogP contribution < -0.4 is 5.32 Å². The van der Waals surface area contributed by atoms with E-state index in [2.05, 4.69) is 38.8 Å². The first-order valence-corrected chi connectivity index (χ1v) is 10.7. The number of nitrogens with zero attached hydrogens (tertiary/aromatic N) is 4. The number of hydrogen-bond donors (Lipinski definition) is 1. The molecule has 1 atom stereocenters. The van der Waals surface area contributed by atoms with Crippen molar-refractivity contribution in [2.45, 2.75) is 45.8 Å². The Morgan fingerprint density at radius 1 is 1.19 bits per heavy atom.